The van der Waals surface area contributed by atoms with Gasteiger partial charge in [0.2, 0.25) is 0 Å². The number of carbonyl (C=O) groups is 2. The van der Waals surface area contributed by atoms with Crippen LogP contribution in [0.2, 0.25) is 0 Å². The van der Waals surface area contributed by atoms with Gasteiger partial charge in [-0.2, -0.15) is 0 Å². The summed E-state index contributed by atoms with van der Waals surface area (Å²) < 4.78 is 5.03. The minimum atomic E-state index is -0.484. The molecule has 108 valence electrons. The van der Waals surface area contributed by atoms with Crippen LogP contribution < -0.4 is 5.73 Å². The molecule has 0 bridgehead atoms. The first-order chi connectivity index (χ1) is 9.54. The highest BCUT2D eigenvalue weighted by molar-refractivity contribution is 6.01. The third kappa shape index (κ3) is 2.76. The molecule has 5 heteroatoms. The molecule has 0 radical (unpaired) electrons. The monoisotopic (exact) mass is 276 g/mol. The number of benzene rings is 1. The van der Waals surface area contributed by atoms with E-state index in [-0.39, 0.29) is 11.9 Å². The molecule has 1 saturated heterocycles. The number of nitrogen functional groups attached to an aromatic ring is 1. The van der Waals surface area contributed by atoms with Crippen LogP contribution in [0.25, 0.3) is 0 Å². The predicted molar refractivity (Wildman–Crippen MR) is 76.3 cm³/mol. The van der Waals surface area contributed by atoms with E-state index in [1.165, 1.54) is 0 Å². The van der Waals surface area contributed by atoms with Crippen molar-refractivity contribution in [3.63, 3.8) is 0 Å². The molecule has 1 amide bonds. The van der Waals surface area contributed by atoms with Gasteiger partial charge in [0.05, 0.1) is 12.2 Å². The summed E-state index contributed by atoms with van der Waals surface area (Å²) in [6.45, 7) is 4.56. The number of likely N-dealkylation sites (tertiary alicyclic amines) is 1. The number of carbonyl (C=O) groups excluding carboxylic acids is 2. The van der Waals surface area contributed by atoms with Gasteiger partial charge >= 0.3 is 5.97 Å². The quantitative estimate of drug-likeness (QED) is 0.674. The third-order valence-corrected chi connectivity index (χ3v) is 3.51. The number of nitrogens with zero attached hydrogens (tertiary/aromatic N) is 1. The Morgan fingerprint density at radius 3 is 2.90 bits per heavy atom. The average molecular weight is 276 g/mol. The number of aryl methyl sites for hydroxylation is 1. The molecule has 1 unspecified atom stereocenters. The lowest BCUT2D eigenvalue weighted by Crippen LogP contribution is -2.41. The minimum Gasteiger partial charge on any atom is -0.464 e. The highest BCUT2D eigenvalue weighted by atomic mass is 16.5. The molecule has 1 aliphatic heterocycles. The fourth-order valence-electron chi connectivity index (χ4n) is 2.50. The Kier molecular flexibility index (Phi) is 4.27. The summed E-state index contributed by atoms with van der Waals surface area (Å²) in [4.78, 5) is 26.0. The van der Waals surface area contributed by atoms with Crippen molar-refractivity contribution in [1.29, 1.82) is 0 Å². The summed E-state index contributed by atoms with van der Waals surface area (Å²) >= 11 is 0. The molecule has 5 nitrogen and oxygen atoms in total. The summed E-state index contributed by atoms with van der Waals surface area (Å²) in [5.41, 5.74) is 7.74. The topological polar surface area (TPSA) is 72.6 Å². The van der Waals surface area contributed by atoms with Crippen molar-refractivity contribution in [2.75, 3.05) is 18.9 Å². The Hall–Kier alpha value is -2.04. The van der Waals surface area contributed by atoms with Gasteiger partial charge in [0, 0.05) is 12.2 Å². The van der Waals surface area contributed by atoms with Crippen molar-refractivity contribution in [3.05, 3.63) is 29.3 Å². The van der Waals surface area contributed by atoms with Crippen molar-refractivity contribution >= 4 is 17.6 Å². The Labute approximate surface area is 118 Å². The summed E-state index contributed by atoms with van der Waals surface area (Å²) in [7, 11) is 0. The molecule has 1 aliphatic rings. The maximum atomic E-state index is 12.6. The van der Waals surface area contributed by atoms with E-state index in [1.54, 1.807) is 24.0 Å². The zero-order chi connectivity index (χ0) is 14.7. The van der Waals surface area contributed by atoms with Crippen molar-refractivity contribution < 1.29 is 14.3 Å². The van der Waals surface area contributed by atoms with Crippen LogP contribution in [-0.4, -0.2) is 36.0 Å². The Morgan fingerprint density at radius 2 is 2.20 bits per heavy atom. The number of hydrogen-bond acceptors (Lipinski definition) is 4. The van der Waals surface area contributed by atoms with Crippen LogP contribution in [0.15, 0.2) is 18.2 Å². The van der Waals surface area contributed by atoms with Gasteiger partial charge in [0.25, 0.3) is 5.91 Å². The molecule has 0 aromatic heterocycles. The number of rotatable bonds is 3. The van der Waals surface area contributed by atoms with Crippen molar-refractivity contribution in [2.24, 2.45) is 0 Å². The van der Waals surface area contributed by atoms with E-state index in [9.17, 15) is 9.59 Å². The van der Waals surface area contributed by atoms with Gasteiger partial charge in [0.15, 0.2) is 0 Å². The second kappa shape index (κ2) is 5.94. The number of hydrogen-bond donors (Lipinski definition) is 1. The summed E-state index contributed by atoms with van der Waals surface area (Å²) in [5.74, 6) is -0.522. The molecule has 0 spiro atoms. The van der Waals surface area contributed by atoms with Gasteiger partial charge in [-0.3, -0.25) is 4.79 Å². The number of esters is 1. The molecule has 20 heavy (non-hydrogen) atoms. The maximum absolute atomic E-state index is 12.6. The number of anilines is 1. The SMILES string of the molecule is CCOC(=O)C1CCCN1C(=O)c1cc(C)ccc1N. The molecule has 0 saturated carbocycles. The Bertz CT molecular complexity index is 528. The molecular weight excluding hydrogens is 256 g/mol. The second-order valence-electron chi connectivity index (χ2n) is 5.00. The van der Waals surface area contributed by atoms with E-state index in [1.807, 2.05) is 13.0 Å². The lowest BCUT2D eigenvalue weighted by molar-refractivity contribution is -0.147. The highest BCUT2D eigenvalue weighted by Gasteiger charge is 2.36. The first-order valence-electron chi connectivity index (χ1n) is 6.88. The van der Waals surface area contributed by atoms with Crippen LogP contribution in [0.4, 0.5) is 5.69 Å². The lowest BCUT2D eigenvalue weighted by atomic mass is 10.1. The van der Waals surface area contributed by atoms with Crippen LogP contribution in [0.3, 0.4) is 0 Å². The molecule has 1 heterocycles. The fourth-order valence-corrected chi connectivity index (χ4v) is 2.50. The molecule has 2 N–H and O–H groups in total. The van der Waals surface area contributed by atoms with Crippen LogP contribution in [-0.2, 0) is 9.53 Å². The molecule has 1 aromatic carbocycles. The second-order valence-corrected chi connectivity index (χ2v) is 5.00. The number of ether oxygens (including phenoxy) is 1. The van der Waals surface area contributed by atoms with E-state index in [0.29, 0.717) is 30.8 Å². The zero-order valence-corrected chi connectivity index (χ0v) is 11.9. The molecule has 1 aromatic rings. The number of amides is 1. The molecule has 0 aliphatic carbocycles. The molecule has 1 fully saturated rings. The first kappa shape index (κ1) is 14.4. The van der Waals surface area contributed by atoms with Gasteiger partial charge in [-0.15, -0.1) is 0 Å². The van der Waals surface area contributed by atoms with E-state index < -0.39 is 6.04 Å². The standard InChI is InChI=1S/C15H20N2O3/c1-3-20-15(19)13-5-4-8-17(13)14(18)11-9-10(2)6-7-12(11)16/h6-7,9,13H,3-5,8,16H2,1-2H3. The summed E-state index contributed by atoms with van der Waals surface area (Å²) in [5, 5.41) is 0. The van der Waals surface area contributed by atoms with Gasteiger partial charge in [-0.1, -0.05) is 11.6 Å². The third-order valence-electron chi connectivity index (χ3n) is 3.51. The van der Waals surface area contributed by atoms with Gasteiger partial charge in [0.1, 0.15) is 6.04 Å². The average Bonchev–Trinajstić information content (AvgIpc) is 2.90. The maximum Gasteiger partial charge on any atom is 0.328 e. The van der Waals surface area contributed by atoms with E-state index in [0.717, 1.165) is 12.0 Å². The van der Waals surface area contributed by atoms with Crippen LogP contribution >= 0.6 is 0 Å². The molecule has 2 rings (SSSR count). The summed E-state index contributed by atoms with van der Waals surface area (Å²) in [6.07, 6.45) is 1.46. The molecule has 1 atom stereocenters. The first-order valence-corrected chi connectivity index (χ1v) is 6.88. The van der Waals surface area contributed by atoms with Crippen molar-refractivity contribution in [1.82, 2.24) is 4.90 Å². The van der Waals surface area contributed by atoms with Crippen LogP contribution in [0.1, 0.15) is 35.7 Å². The Morgan fingerprint density at radius 1 is 1.45 bits per heavy atom. The zero-order valence-electron chi connectivity index (χ0n) is 11.9. The fraction of sp³-hybridized carbons (Fsp3) is 0.467. The lowest BCUT2D eigenvalue weighted by Gasteiger charge is -2.23. The largest absolute Gasteiger partial charge is 0.464 e. The van der Waals surface area contributed by atoms with Gasteiger partial charge in [-0.25, -0.2) is 4.79 Å². The minimum absolute atomic E-state index is 0.193. The van der Waals surface area contributed by atoms with Crippen molar-refractivity contribution in [3.8, 4) is 0 Å². The van der Waals surface area contributed by atoms with Crippen molar-refractivity contribution in [2.45, 2.75) is 32.7 Å². The van der Waals surface area contributed by atoms with Crippen LogP contribution in [0, 0.1) is 6.92 Å². The smallest absolute Gasteiger partial charge is 0.328 e. The molecular formula is C15H20N2O3. The van der Waals surface area contributed by atoms with E-state index in [4.69, 9.17) is 10.5 Å². The van der Waals surface area contributed by atoms with Gasteiger partial charge < -0.3 is 15.4 Å². The summed E-state index contributed by atoms with van der Waals surface area (Å²) in [6, 6.07) is 4.86. The Balaban J connectivity index is 2.23. The number of nitrogens with two attached hydrogens (primary N) is 1. The predicted octanol–water partition coefficient (Wildman–Crippen LogP) is 1.74. The van der Waals surface area contributed by atoms with Crippen LogP contribution in [0.5, 0.6) is 0 Å². The van der Waals surface area contributed by atoms with E-state index in [2.05, 4.69) is 0 Å². The highest BCUT2D eigenvalue weighted by Crippen LogP contribution is 2.24. The normalized spacial score (nSPS) is 18.1. The van der Waals surface area contributed by atoms with E-state index >= 15 is 0 Å². The van der Waals surface area contributed by atoms with Gasteiger partial charge in [-0.05, 0) is 38.8 Å².